The number of benzene rings is 1. The highest BCUT2D eigenvalue weighted by molar-refractivity contribution is 5.83. The van der Waals surface area contributed by atoms with E-state index in [9.17, 15) is 4.79 Å². The van der Waals surface area contributed by atoms with Gasteiger partial charge in [-0.15, -0.1) is 0 Å². The number of hydrogen-bond donors (Lipinski definition) is 1. The van der Waals surface area contributed by atoms with Gasteiger partial charge in [-0.3, -0.25) is 0 Å². The van der Waals surface area contributed by atoms with Crippen LogP contribution in [0.15, 0.2) is 28.7 Å². The number of hydrogen-bond acceptors (Lipinski definition) is 2. The molecular formula is C17H22N2O2. The molecule has 1 aliphatic heterocycles. The first-order chi connectivity index (χ1) is 9.96. The molecule has 1 aromatic heterocycles. The molecule has 2 heterocycles. The summed E-state index contributed by atoms with van der Waals surface area (Å²) in [7, 11) is 0. The number of rotatable bonds is 2. The van der Waals surface area contributed by atoms with Gasteiger partial charge < -0.3 is 14.6 Å². The first-order valence-electron chi connectivity index (χ1n) is 7.46. The van der Waals surface area contributed by atoms with E-state index in [0.29, 0.717) is 6.54 Å². The second-order valence-electron chi connectivity index (χ2n) is 6.63. The largest absolute Gasteiger partial charge is 0.461 e. The molecule has 2 amide bonds. The minimum Gasteiger partial charge on any atom is -0.461 e. The molecule has 0 aliphatic carbocycles. The number of nitrogens with one attached hydrogen (secondary N) is 1. The van der Waals surface area contributed by atoms with Gasteiger partial charge in [0.05, 0.1) is 0 Å². The van der Waals surface area contributed by atoms with Crippen LogP contribution in [-0.2, 0) is 6.54 Å². The smallest absolute Gasteiger partial charge is 0.317 e. The fourth-order valence-corrected chi connectivity index (χ4v) is 3.00. The maximum atomic E-state index is 12.3. The lowest BCUT2D eigenvalue weighted by atomic mass is 9.93. The van der Waals surface area contributed by atoms with Crippen LogP contribution in [0, 0.1) is 12.3 Å². The van der Waals surface area contributed by atoms with Crippen LogP contribution in [0.5, 0.6) is 0 Å². The summed E-state index contributed by atoms with van der Waals surface area (Å²) in [5, 5.41) is 4.11. The van der Waals surface area contributed by atoms with Crippen molar-refractivity contribution >= 4 is 17.0 Å². The lowest BCUT2D eigenvalue weighted by Crippen LogP contribution is -2.38. The van der Waals surface area contributed by atoms with Crippen molar-refractivity contribution in [2.45, 2.75) is 33.7 Å². The van der Waals surface area contributed by atoms with Crippen molar-refractivity contribution in [1.82, 2.24) is 10.2 Å². The zero-order valence-electron chi connectivity index (χ0n) is 12.9. The number of amides is 2. The van der Waals surface area contributed by atoms with E-state index >= 15 is 0 Å². The van der Waals surface area contributed by atoms with Crippen LogP contribution in [0.2, 0.25) is 0 Å². The van der Waals surface area contributed by atoms with Crippen LogP contribution in [0.25, 0.3) is 11.0 Å². The first kappa shape index (κ1) is 14.0. The molecule has 4 nitrogen and oxygen atoms in total. The summed E-state index contributed by atoms with van der Waals surface area (Å²) in [6.07, 6.45) is 1.06. The molecule has 0 spiro atoms. The van der Waals surface area contributed by atoms with Gasteiger partial charge >= 0.3 is 6.03 Å². The second-order valence-corrected chi connectivity index (χ2v) is 6.63. The minimum absolute atomic E-state index is 0.0188. The molecule has 0 saturated carbocycles. The van der Waals surface area contributed by atoms with Crippen molar-refractivity contribution in [2.75, 3.05) is 13.1 Å². The molecule has 0 bridgehead atoms. The number of aryl methyl sites for hydroxylation is 1. The summed E-state index contributed by atoms with van der Waals surface area (Å²) in [6, 6.07) is 7.96. The van der Waals surface area contributed by atoms with E-state index in [0.717, 1.165) is 41.8 Å². The van der Waals surface area contributed by atoms with E-state index in [2.05, 4.69) is 19.2 Å². The zero-order valence-corrected chi connectivity index (χ0v) is 12.9. The zero-order chi connectivity index (χ0) is 15.0. The quantitative estimate of drug-likeness (QED) is 0.915. The van der Waals surface area contributed by atoms with E-state index in [1.165, 1.54) is 0 Å². The third-order valence-electron chi connectivity index (χ3n) is 4.28. The Morgan fingerprint density at radius 3 is 2.86 bits per heavy atom. The Morgan fingerprint density at radius 1 is 1.38 bits per heavy atom. The maximum absolute atomic E-state index is 12.3. The first-order valence-corrected chi connectivity index (χ1v) is 7.46. The molecule has 0 radical (unpaired) electrons. The molecule has 1 fully saturated rings. The molecular weight excluding hydrogens is 264 g/mol. The minimum atomic E-state index is 0.0188. The van der Waals surface area contributed by atoms with Gasteiger partial charge in [0.2, 0.25) is 0 Å². The summed E-state index contributed by atoms with van der Waals surface area (Å²) in [6.45, 7) is 8.52. The highest BCUT2D eigenvalue weighted by atomic mass is 16.3. The van der Waals surface area contributed by atoms with Crippen molar-refractivity contribution in [3.05, 3.63) is 35.6 Å². The number of likely N-dealkylation sites (tertiary alicyclic amines) is 1. The van der Waals surface area contributed by atoms with Crippen LogP contribution in [0.3, 0.4) is 0 Å². The molecule has 2 aromatic rings. The molecule has 1 N–H and O–H groups in total. The predicted molar refractivity (Wildman–Crippen MR) is 83.2 cm³/mol. The van der Waals surface area contributed by atoms with E-state index in [1.54, 1.807) is 0 Å². The monoisotopic (exact) mass is 286 g/mol. The van der Waals surface area contributed by atoms with E-state index in [1.807, 2.05) is 36.1 Å². The van der Waals surface area contributed by atoms with Crippen molar-refractivity contribution in [1.29, 1.82) is 0 Å². The van der Waals surface area contributed by atoms with Crippen molar-refractivity contribution in [3.8, 4) is 0 Å². The fourth-order valence-electron chi connectivity index (χ4n) is 3.00. The number of nitrogens with zero attached hydrogens (tertiary/aromatic N) is 1. The van der Waals surface area contributed by atoms with Gasteiger partial charge in [0, 0.05) is 30.6 Å². The summed E-state index contributed by atoms with van der Waals surface area (Å²) in [4.78, 5) is 14.2. The summed E-state index contributed by atoms with van der Waals surface area (Å²) in [5.74, 6) is 0.873. The standard InChI is InChI=1S/C17H22N2O2/c1-12-14(13-6-4-5-7-15(13)21-12)10-18-16(20)19-9-8-17(2,3)11-19/h4-7H,8-11H2,1-3H3,(H,18,20). The van der Waals surface area contributed by atoms with Crippen molar-refractivity contribution < 1.29 is 9.21 Å². The van der Waals surface area contributed by atoms with Gasteiger partial charge in [-0.1, -0.05) is 32.0 Å². The summed E-state index contributed by atoms with van der Waals surface area (Å²) < 4.78 is 5.72. The topological polar surface area (TPSA) is 45.5 Å². The molecule has 4 heteroatoms. The van der Waals surface area contributed by atoms with Crippen LogP contribution >= 0.6 is 0 Å². The normalized spacial score (nSPS) is 17.4. The second kappa shape index (κ2) is 5.10. The van der Waals surface area contributed by atoms with Gasteiger partial charge in [0.25, 0.3) is 0 Å². The number of carbonyl (C=O) groups excluding carboxylic acids is 1. The third kappa shape index (κ3) is 2.75. The molecule has 1 saturated heterocycles. The number of furan rings is 1. The van der Waals surface area contributed by atoms with Gasteiger partial charge in [-0.05, 0) is 24.8 Å². The van der Waals surface area contributed by atoms with Crippen LogP contribution in [0.1, 0.15) is 31.6 Å². The van der Waals surface area contributed by atoms with Gasteiger partial charge in [0.15, 0.2) is 0 Å². The van der Waals surface area contributed by atoms with Gasteiger partial charge in [-0.2, -0.15) is 0 Å². The number of fused-ring (bicyclic) bond motifs is 1. The summed E-state index contributed by atoms with van der Waals surface area (Å²) >= 11 is 0. The number of urea groups is 1. The van der Waals surface area contributed by atoms with Crippen LogP contribution in [0.4, 0.5) is 4.79 Å². The van der Waals surface area contributed by atoms with Gasteiger partial charge in [0.1, 0.15) is 11.3 Å². The average molecular weight is 286 g/mol. The maximum Gasteiger partial charge on any atom is 0.317 e. The number of carbonyl (C=O) groups is 1. The van der Waals surface area contributed by atoms with E-state index in [4.69, 9.17) is 4.42 Å². The van der Waals surface area contributed by atoms with E-state index in [-0.39, 0.29) is 11.4 Å². The lowest BCUT2D eigenvalue weighted by Gasteiger charge is -2.20. The molecule has 1 aromatic carbocycles. The Bertz CT molecular complexity index is 672. The Hall–Kier alpha value is -1.97. The lowest BCUT2D eigenvalue weighted by molar-refractivity contribution is 0.203. The molecule has 1 aliphatic rings. The Morgan fingerprint density at radius 2 is 2.14 bits per heavy atom. The number of para-hydroxylation sites is 1. The fraction of sp³-hybridized carbons (Fsp3) is 0.471. The highest BCUT2D eigenvalue weighted by Crippen LogP contribution is 2.29. The van der Waals surface area contributed by atoms with Gasteiger partial charge in [-0.25, -0.2) is 4.79 Å². The highest BCUT2D eigenvalue weighted by Gasteiger charge is 2.31. The molecule has 21 heavy (non-hydrogen) atoms. The van der Waals surface area contributed by atoms with E-state index < -0.39 is 0 Å². The molecule has 0 atom stereocenters. The van der Waals surface area contributed by atoms with Crippen molar-refractivity contribution in [3.63, 3.8) is 0 Å². The summed E-state index contributed by atoms with van der Waals surface area (Å²) in [5.41, 5.74) is 2.18. The van der Waals surface area contributed by atoms with Crippen LogP contribution in [-0.4, -0.2) is 24.0 Å². The Labute approximate surface area is 125 Å². The molecule has 3 rings (SSSR count). The molecule has 112 valence electrons. The SMILES string of the molecule is Cc1oc2ccccc2c1CNC(=O)N1CCC(C)(C)C1. The molecule has 0 unspecified atom stereocenters. The Balaban J connectivity index is 1.69. The third-order valence-corrected chi connectivity index (χ3v) is 4.28. The Kier molecular flexibility index (Phi) is 3.40. The predicted octanol–water partition coefficient (Wildman–Crippen LogP) is 3.68. The average Bonchev–Trinajstić information content (AvgIpc) is 2.95. The van der Waals surface area contributed by atoms with Crippen molar-refractivity contribution in [2.24, 2.45) is 5.41 Å². The van der Waals surface area contributed by atoms with Crippen LogP contribution < -0.4 is 5.32 Å².